The molecule has 7 aromatic rings. The van der Waals surface area contributed by atoms with Crippen LogP contribution in [0.2, 0.25) is 0 Å². The first-order valence-corrected chi connectivity index (χ1v) is 15.6. The lowest BCUT2D eigenvalue weighted by molar-refractivity contribution is 1.27. The molecule has 2 heteroatoms. The molecule has 0 atom stereocenters. The maximum Gasteiger partial charge on any atom is 0.117 e. The first-order chi connectivity index (χ1) is 22.8. The Morgan fingerprint density at radius 2 is 0.891 bits per heavy atom. The van der Waals surface area contributed by atoms with Crippen LogP contribution in [-0.2, 0) is 0 Å². The predicted octanol–water partition coefficient (Wildman–Crippen LogP) is 12.3. The topological polar surface area (TPSA) is 6.48 Å². The van der Waals surface area contributed by atoms with Crippen molar-refractivity contribution in [3.05, 3.63) is 193 Å². The van der Waals surface area contributed by atoms with Crippen molar-refractivity contribution in [3.63, 3.8) is 0 Å². The normalized spacial score (nSPS) is 11.6. The molecular formula is C44H31N2+. The van der Waals surface area contributed by atoms with E-state index in [-0.39, 0.29) is 0 Å². The summed E-state index contributed by atoms with van der Waals surface area (Å²) in [6, 6.07) is 60.5. The summed E-state index contributed by atoms with van der Waals surface area (Å²) in [6.07, 6.45) is 9.44. The van der Waals surface area contributed by atoms with Crippen LogP contribution in [0.3, 0.4) is 0 Å². The van der Waals surface area contributed by atoms with E-state index in [0.717, 1.165) is 34.1 Å². The van der Waals surface area contributed by atoms with Gasteiger partial charge in [0.2, 0.25) is 0 Å². The summed E-state index contributed by atoms with van der Waals surface area (Å²) >= 11 is 0. The van der Waals surface area contributed by atoms with Crippen LogP contribution in [-0.4, -0.2) is 0 Å². The van der Waals surface area contributed by atoms with E-state index in [1.54, 1.807) is 0 Å². The highest BCUT2D eigenvalue weighted by Crippen LogP contribution is 2.41. The summed E-state index contributed by atoms with van der Waals surface area (Å²) < 4.78 is 0. The summed E-state index contributed by atoms with van der Waals surface area (Å²) in [6.45, 7) is 0. The smallest absolute Gasteiger partial charge is 0.117 e. The Kier molecular flexibility index (Phi) is 7.17. The van der Waals surface area contributed by atoms with Crippen LogP contribution in [0.1, 0.15) is 11.1 Å². The van der Waals surface area contributed by atoms with Gasteiger partial charge in [-0.3, -0.25) is 4.90 Å². The van der Waals surface area contributed by atoms with Crippen LogP contribution in [0.25, 0.3) is 34.1 Å². The second-order valence-electron chi connectivity index (χ2n) is 11.4. The third kappa shape index (κ3) is 5.14. The van der Waals surface area contributed by atoms with E-state index < -0.39 is 0 Å². The minimum absolute atomic E-state index is 1.11. The average molecular weight is 588 g/mol. The van der Waals surface area contributed by atoms with Gasteiger partial charge in [0.05, 0.1) is 17.3 Å². The van der Waals surface area contributed by atoms with Gasteiger partial charge in [0.1, 0.15) is 23.4 Å². The molecular weight excluding hydrogens is 556 g/mol. The highest BCUT2D eigenvalue weighted by molar-refractivity contribution is 5.99. The molecule has 0 amide bonds. The Balaban J connectivity index is 1.15. The summed E-state index contributed by atoms with van der Waals surface area (Å²) in [7, 11) is 0. The molecule has 7 aromatic carbocycles. The van der Waals surface area contributed by atoms with Crippen molar-refractivity contribution in [3.8, 4) is 11.1 Å². The van der Waals surface area contributed by atoms with Crippen molar-refractivity contribution in [2.45, 2.75) is 0 Å². The van der Waals surface area contributed by atoms with Gasteiger partial charge in [-0.15, -0.1) is 0 Å². The van der Waals surface area contributed by atoms with E-state index in [0.29, 0.717) is 0 Å². The van der Waals surface area contributed by atoms with Crippen molar-refractivity contribution in [2.75, 3.05) is 9.80 Å². The van der Waals surface area contributed by atoms with Crippen molar-refractivity contribution in [1.82, 2.24) is 0 Å². The Labute approximate surface area is 270 Å². The zero-order chi connectivity index (χ0) is 30.7. The second-order valence-corrected chi connectivity index (χ2v) is 11.4. The van der Waals surface area contributed by atoms with Gasteiger partial charge in [-0.05, 0) is 83.2 Å². The van der Waals surface area contributed by atoms with Crippen LogP contribution in [0.4, 0.5) is 34.1 Å². The summed E-state index contributed by atoms with van der Waals surface area (Å²) in [4.78, 5) is 4.67. The fourth-order valence-electron chi connectivity index (χ4n) is 6.36. The van der Waals surface area contributed by atoms with Crippen LogP contribution < -0.4 is 9.80 Å². The fraction of sp³-hybridized carbons (Fsp3) is 0. The SMILES string of the molecule is [C+]1=Cc2c(cccc2N(c2ccccc2)c2ccc(-c3ccc(N(c4ccccc4)c4cccc5ccccc45)cc3)cc2)C=C1. The largest absolute Gasteiger partial charge is 0.310 e. The maximum absolute atomic E-state index is 3.28. The van der Waals surface area contributed by atoms with E-state index in [1.165, 1.54) is 33.0 Å². The Hall–Kier alpha value is -6.21. The molecule has 216 valence electrons. The van der Waals surface area contributed by atoms with Crippen LogP contribution in [0.5, 0.6) is 0 Å². The fourth-order valence-corrected chi connectivity index (χ4v) is 6.36. The third-order valence-corrected chi connectivity index (χ3v) is 8.57. The quantitative estimate of drug-likeness (QED) is 0.171. The molecule has 1 aliphatic rings. The highest BCUT2D eigenvalue weighted by atomic mass is 15.1. The number of para-hydroxylation sites is 2. The number of fused-ring (bicyclic) bond motifs is 2. The van der Waals surface area contributed by atoms with E-state index >= 15 is 0 Å². The molecule has 0 fully saturated rings. The third-order valence-electron chi connectivity index (χ3n) is 8.57. The van der Waals surface area contributed by atoms with Gasteiger partial charge in [-0.25, -0.2) is 0 Å². The zero-order valence-corrected chi connectivity index (χ0v) is 25.3. The van der Waals surface area contributed by atoms with Crippen molar-refractivity contribution < 1.29 is 0 Å². The number of hydrogen-bond acceptors (Lipinski definition) is 2. The molecule has 0 unspecified atom stereocenters. The standard InChI is InChI=1S/C44H31N2/c1-3-17-37(18-4-1)45(43-23-11-15-35-13-7-9-21-41(35)43)39-29-25-33(26-30-39)34-27-31-40(32-28-34)46(38-19-5-2-6-20-38)44-24-12-16-36-14-8-10-22-42(36)44/h1-9,11-32H/q+1. The minimum Gasteiger partial charge on any atom is -0.310 e. The van der Waals surface area contributed by atoms with Gasteiger partial charge in [-0.2, -0.15) is 0 Å². The molecule has 2 nitrogen and oxygen atoms in total. The average Bonchev–Trinajstić information content (AvgIpc) is 3.14. The Morgan fingerprint density at radius 3 is 1.54 bits per heavy atom. The van der Waals surface area contributed by atoms with E-state index in [4.69, 9.17) is 0 Å². The molecule has 0 bridgehead atoms. The van der Waals surface area contributed by atoms with Crippen LogP contribution in [0.15, 0.2) is 176 Å². The number of hydrogen-bond donors (Lipinski definition) is 0. The lowest BCUT2D eigenvalue weighted by Crippen LogP contribution is -2.12. The van der Waals surface area contributed by atoms with Crippen LogP contribution >= 0.6 is 0 Å². The number of rotatable bonds is 7. The van der Waals surface area contributed by atoms with Crippen molar-refractivity contribution in [2.24, 2.45) is 0 Å². The number of benzene rings is 7. The minimum atomic E-state index is 1.11. The van der Waals surface area contributed by atoms with Crippen molar-refractivity contribution >= 4 is 57.0 Å². The first-order valence-electron chi connectivity index (χ1n) is 15.6. The molecule has 8 rings (SSSR count). The van der Waals surface area contributed by atoms with E-state index in [2.05, 4.69) is 198 Å². The molecule has 46 heavy (non-hydrogen) atoms. The molecule has 0 heterocycles. The van der Waals surface area contributed by atoms with Gasteiger partial charge in [0, 0.05) is 34.2 Å². The highest BCUT2D eigenvalue weighted by Gasteiger charge is 2.22. The molecule has 1 aliphatic carbocycles. The van der Waals surface area contributed by atoms with E-state index in [1.807, 2.05) is 6.08 Å². The first kappa shape index (κ1) is 27.3. The zero-order valence-electron chi connectivity index (χ0n) is 25.3. The molecule has 0 N–H and O–H groups in total. The Morgan fingerprint density at radius 1 is 0.391 bits per heavy atom. The molecule has 0 saturated heterocycles. The summed E-state index contributed by atoms with van der Waals surface area (Å²) in [5, 5.41) is 2.45. The predicted molar refractivity (Wildman–Crippen MR) is 195 cm³/mol. The van der Waals surface area contributed by atoms with Crippen LogP contribution in [0, 0.1) is 6.08 Å². The molecule has 0 spiro atoms. The summed E-state index contributed by atoms with van der Waals surface area (Å²) in [5.41, 5.74) is 11.5. The van der Waals surface area contributed by atoms with Gasteiger partial charge >= 0.3 is 0 Å². The van der Waals surface area contributed by atoms with Gasteiger partial charge in [0.25, 0.3) is 0 Å². The molecule has 0 radical (unpaired) electrons. The number of anilines is 6. The lowest BCUT2D eigenvalue weighted by Gasteiger charge is -2.27. The monoisotopic (exact) mass is 587 g/mol. The van der Waals surface area contributed by atoms with Gasteiger partial charge < -0.3 is 4.90 Å². The molecule has 0 saturated carbocycles. The molecule has 0 aromatic heterocycles. The van der Waals surface area contributed by atoms with Gasteiger partial charge in [0.15, 0.2) is 0 Å². The Bertz CT molecular complexity index is 2170. The van der Waals surface area contributed by atoms with Crippen molar-refractivity contribution in [1.29, 1.82) is 0 Å². The maximum atomic E-state index is 3.28. The lowest BCUT2D eigenvalue weighted by atomic mass is 9.99. The summed E-state index contributed by atoms with van der Waals surface area (Å²) in [5.74, 6) is 0. The van der Waals surface area contributed by atoms with Gasteiger partial charge in [-0.1, -0.05) is 103 Å². The number of allylic oxidation sites excluding steroid dienone is 2. The number of nitrogens with zero attached hydrogens (tertiary/aromatic N) is 2. The second kappa shape index (κ2) is 12.1. The van der Waals surface area contributed by atoms with E-state index in [9.17, 15) is 0 Å². The molecule has 0 aliphatic heterocycles.